The number of hydrogen-bond donors (Lipinski definition) is 0. The number of aromatic nitrogens is 2. The second-order valence-corrected chi connectivity index (χ2v) is 2.74. The molecule has 0 aliphatic carbocycles. The molecule has 0 saturated carbocycles. The molecule has 0 aromatic carbocycles. The summed E-state index contributed by atoms with van der Waals surface area (Å²) in [4.78, 5) is 0. The van der Waals surface area contributed by atoms with Crippen LogP contribution in [-0.2, 0) is 6.54 Å². The van der Waals surface area contributed by atoms with E-state index in [1.54, 1.807) is 0 Å². The first kappa shape index (κ1) is 6.81. The number of nitrogens with zero attached hydrogens (tertiary/aromatic N) is 2. The fraction of sp³-hybridized carbons (Fsp3) is 0.500. The fourth-order valence-electron chi connectivity index (χ4n) is 0.790. The first-order valence-electron chi connectivity index (χ1n) is 2.94. The Morgan fingerprint density at radius 3 is 2.67 bits per heavy atom. The minimum Gasteiger partial charge on any atom is -0.269 e. The summed E-state index contributed by atoms with van der Waals surface area (Å²) in [5.41, 5.74) is 1.20. The van der Waals surface area contributed by atoms with Gasteiger partial charge in [-0.05, 0) is 35.8 Å². The molecule has 0 saturated heterocycles. The smallest absolute Gasteiger partial charge is 0.128 e. The largest absolute Gasteiger partial charge is 0.269 e. The molecule has 0 aliphatic rings. The highest BCUT2D eigenvalue weighted by molar-refractivity contribution is 9.10. The van der Waals surface area contributed by atoms with E-state index < -0.39 is 0 Å². The highest BCUT2D eigenvalue weighted by Crippen LogP contribution is 2.08. The van der Waals surface area contributed by atoms with E-state index in [2.05, 4.69) is 28.0 Å². The summed E-state index contributed by atoms with van der Waals surface area (Å²) in [5, 5.41) is 4.16. The SMILES string of the molecule is CCn1nc(Br)cc1C. The maximum absolute atomic E-state index is 4.16. The van der Waals surface area contributed by atoms with E-state index in [-0.39, 0.29) is 0 Å². The van der Waals surface area contributed by atoms with Gasteiger partial charge in [0.15, 0.2) is 0 Å². The molecule has 3 heteroatoms. The molecule has 50 valence electrons. The van der Waals surface area contributed by atoms with Crippen LogP contribution < -0.4 is 0 Å². The van der Waals surface area contributed by atoms with E-state index in [4.69, 9.17) is 0 Å². The molecular weight excluding hydrogens is 180 g/mol. The minimum atomic E-state index is 0.918. The average molecular weight is 189 g/mol. The number of hydrogen-bond acceptors (Lipinski definition) is 1. The molecule has 0 unspecified atom stereocenters. The molecule has 0 bridgehead atoms. The Hall–Kier alpha value is -0.310. The molecule has 0 radical (unpaired) electrons. The summed E-state index contributed by atoms with van der Waals surface area (Å²) in [6, 6.07) is 2.00. The number of aryl methyl sites for hydroxylation is 2. The molecule has 0 aliphatic heterocycles. The van der Waals surface area contributed by atoms with Crippen LogP contribution in [0, 0.1) is 6.92 Å². The summed E-state index contributed by atoms with van der Waals surface area (Å²) >= 11 is 3.29. The summed E-state index contributed by atoms with van der Waals surface area (Å²) in [6.07, 6.45) is 0. The van der Waals surface area contributed by atoms with Crippen molar-refractivity contribution in [3.8, 4) is 0 Å². The normalized spacial score (nSPS) is 10.1. The van der Waals surface area contributed by atoms with Crippen LogP contribution >= 0.6 is 15.9 Å². The van der Waals surface area contributed by atoms with Gasteiger partial charge in [-0.3, -0.25) is 4.68 Å². The van der Waals surface area contributed by atoms with Crippen LogP contribution in [0.2, 0.25) is 0 Å². The van der Waals surface area contributed by atoms with Gasteiger partial charge < -0.3 is 0 Å². The standard InChI is InChI=1S/C6H9BrN2/c1-3-9-5(2)4-6(7)8-9/h4H,3H2,1-2H3. The van der Waals surface area contributed by atoms with Crippen molar-refractivity contribution in [1.29, 1.82) is 0 Å². The van der Waals surface area contributed by atoms with E-state index in [9.17, 15) is 0 Å². The molecule has 2 nitrogen and oxygen atoms in total. The van der Waals surface area contributed by atoms with Gasteiger partial charge in [0.1, 0.15) is 4.60 Å². The van der Waals surface area contributed by atoms with Crippen LogP contribution in [0.4, 0.5) is 0 Å². The fourth-order valence-corrected chi connectivity index (χ4v) is 1.31. The molecule has 0 atom stereocenters. The zero-order valence-corrected chi connectivity index (χ0v) is 7.14. The topological polar surface area (TPSA) is 17.8 Å². The van der Waals surface area contributed by atoms with Gasteiger partial charge in [-0.1, -0.05) is 0 Å². The predicted molar refractivity (Wildman–Crippen MR) is 40.3 cm³/mol. The first-order chi connectivity index (χ1) is 4.24. The Kier molecular flexibility index (Phi) is 1.90. The van der Waals surface area contributed by atoms with Gasteiger partial charge in [-0.15, -0.1) is 0 Å². The zero-order valence-electron chi connectivity index (χ0n) is 5.56. The first-order valence-corrected chi connectivity index (χ1v) is 3.73. The van der Waals surface area contributed by atoms with Crippen LogP contribution in [0.25, 0.3) is 0 Å². The highest BCUT2D eigenvalue weighted by atomic mass is 79.9. The van der Waals surface area contributed by atoms with E-state index in [0.717, 1.165) is 11.1 Å². The third-order valence-electron chi connectivity index (χ3n) is 1.25. The van der Waals surface area contributed by atoms with Crippen molar-refractivity contribution in [1.82, 2.24) is 9.78 Å². The van der Waals surface area contributed by atoms with Gasteiger partial charge in [0, 0.05) is 12.2 Å². The van der Waals surface area contributed by atoms with Gasteiger partial charge in [0.05, 0.1) is 0 Å². The predicted octanol–water partition coefficient (Wildman–Crippen LogP) is 1.97. The van der Waals surface area contributed by atoms with Gasteiger partial charge in [0.25, 0.3) is 0 Å². The Labute approximate surface area is 63.0 Å². The van der Waals surface area contributed by atoms with Gasteiger partial charge in [-0.2, -0.15) is 5.10 Å². The third kappa shape index (κ3) is 1.33. The minimum absolute atomic E-state index is 0.918. The Morgan fingerprint density at radius 1 is 1.78 bits per heavy atom. The lowest BCUT2D eigenvalue weighted by atomic mass is 10.5. The van der Waals surface area contributed by atoms with Crippen molar-refractivity contribution in [2.45, 2.75) is 20.4 Å². The summed E-state index contributed by atoms with van der Waals surface area (Å²) in [7, 11) is 0. The molecule has 1 aromatic rings. The van der Waals surface area contributed by atoms with E-state index >= 15 is 0 Å². The maximum Gasteiger partial charge on any atom is 0.128 e. The number of halogens is 1. The van der Waals surface area contributed by atoms with Crippen molar-refractivity contribution in [3.63, 3.8) is 0 Å². The van der Waals surface area contributed by atoms with Crippen molar-refractivity contribution in [3.05, 3.63) is 16.4 Å². The van der Waals surface area contributed by atoms with Crippen molar-refractivity contribution < 1.29 is 0 Å². The lowest BCUT2D eigenvalue weighted by molar-refractivity contribution is 0.636. The molecular formula is C6H9BrN2. The van der Waals surface area contributed by atoms with Crippen LogP contribution in [0.5, 0.6) is 0 Å². The van der Waals surface area contributed by atoms with Crippen molar-refractivity contribution in [2.75, 3.05) is 0 Å². The average Bonchev–Trinajstić information content (AvgIpc) is 2.10. The Morgan fingerprint density at radius 2 is 2.44 bits per heavy atom. The van der Waals surface area contributed by atoms with E-state index in [0.29, 0.717) is 0 Å². The second kappa shape index (κ2) is 2.52. The van der Waals surface area contributed by atoms with Gasteiger partial charge in [-0.25, -0.2) is 0 Å². The molecule has 0 fully saturated rings. The molecule has 9 heavy (non-hydrogen) atoms. The van der Waals surface area contributed by atoms with E-state index in [1.807, 2.05) is 17.7 Å². The molecule has 1 heterocycles. The highest BCUT2D eigenvalue weighted by Gasteiger charge is 1.96. The van der Waals surface area contributed by atoms with Crippen LogP contribution in [0.15, 0.2) is 10.7 Å². The second-order valence-electron chi connectivity index (χ2n) is 1.92. The maximum atomic E-state index is 4.16. The lowest BCUT2D eigenvalue weighted by Gasteiger charge is -1.94. The van der Waals surface area contributed by atoms with Crippen LogP contribution in [0.3, 0.4) is 0 Å². The summed E-state index contributed by atoms with van der Waals surface area (Å²) in [6.45, 7) is 5.06. The molecule has 0 N–H and O–H groups in total. The molecule has 1 aromatic heterocycles. The molecule has 0 amide bonds. The van der Waals surface area contributed by atoms with E-state index in [1.165, 1.54) is 5.69 Å². The Bertz CT molecular complexity index is 205. The van der Waals surface area contributed by atoms with Crippen LogP contribution in [0.1, 0.15) is 12.6 Å². The van der Waals surface area contributed by atoms with Crippen LogP contribution in [-0.4, -0.2) is 9.78 Å². The lowest BCUT2D eigenvalue weighted by Crippen LogP contribution is -1.97. The monoisotopic (exact) mass is 188 g/mol. The van der Waals surface area contributed by atoms with Gasteiger partial charge in [0.2, 0.25) is 0 Å². The Balaban J connectivity index is 3.01. The van der Waals surface area contributed by atoms with Crippen molar-refractivity contribution in [2.24, 2.45) is 0 Å². The zero-order chi connectivity index (χ0) is 6.85. The van der Waals surface area contributed by atoms with Crippen molar-refractivity contribution >= 4 is 15.9 Å². The molecule has 1 rings (SSSR count). The molecule has 0 spiro atoms. The third-order valence-corrected chi connectivity index (χ3v) is 1.64. The quantitative estimate of drug-likeness (QED) is 0.660. The van der Waals surface area contributed by atoms with Gasteiger partial charge >= 0.3 is 0 Å². The summed E-state index contributed by atoms with van der Waals surface area (Å²) in [5.74, 6) is 0. The number of rotatable bonds is 1. The summed E-state index contributed by atoms with van der Waals surface area (Å²) < 4.78 is 2.87.